The van der Waals surface area contributed by atoms with Crippen LogP contribution < -0.4 is 9.80 Å². The minimum Gasteiger partial charge on any atom is -0.353 e. The Bertz CT molecular complexity index is 1500. The monoisotopic (exact) mass is 449 g/mol. The van der Waals surface area contributed by atoms with Gasteiger partial charge >= 0.3 is 0 Å². The van der Waals surface area contributed by atoms with Gasteiger partial charge in [-0.1, -0.05) is 30.3 Å². The van der Waals surface area contributed by atoms with E-state index in [1.807, 2.05) is 54.1 Å². The van der Waals surface area contributed by atoms with Gasteiger partial charge in [0.05, 0.1) is 28.1 Å². The van der Waals surface area contributed by atoms with Gasteiger partial charge in [-0.2, -0.15) is 5.10 Å². The van der Waals surface area contributed by atoms with Gasteiger partial charge in [0, 0.05) is 31.6 Å². The van der Waals surface area contributed by atoms with Crippen molar-refractivity contribution in [1.29, 1.82) is 0 Å². The Morgan fingerprint density at radius 1 is 0.676 bits per heavy atom. The van der Waals surface area contributed by atoms with Gasteiger partial charge in [0.2, 0.25) is 0 Å². The van der Waals surface area contributed by atoms with Gasteiger partial charge in [-0.15, -0.1) is 0 Å². The molecule has 0 N–H and O–H groups in total. The van der Waals surface area contributed by atoms with E-state index in [-0.39, 0.29) is 0 Å². The molecule has 0 spiro atoms. The maximum absolute atomic E-state index is 5.09. The normalized spacial score (nSPS) is 14.3. The van der Waals surface area contributed by atoms with Crippen LogP contribution in [-0.4, -0.2) is 50.9 Å². The van der Waals surface area contributed by atoms with E-state index in [1.165, 1.54) is 5.56 Å². The first-order valence-electron chi connectivity index (χ1n) is 11.7. The number of hydrogen-bond acceptors (Lipinski definition) is 6. The van der Waals surface area contributed by atoms with Gasteiger partial charge in [0.25, 0.3) is 0 Å². The second-order valence-corrected chi connectivity index (χ2v) is 8.92. The van der Waals surface area contributed by atoms with Crippen LogP contribution in [0.5, 0.6) is 0 Å². The summed E-state index contributed by atoms with van der Waals surface area (Å²) in [5.41, 5.74) is 7.02. The lowest BCUT2D eigenvalue weighted by molar-refractivity contribution is 0.640. The van der Waals surface area contributed by atoms with Crippen molar-refractivity contribution in [3.05, 3.63) is 77.6 Å². The molecule has 1 aliphatic heterocycles. The molecule has 6 rings (SSSR count). The molecule has 5 aromatic rings. The number of hydrogen-bond donors (Lipinski definition) is 0. The number of nitrogens with zero attached hydrogens (tertiary/aromatic N) is 7. The minimum absolute atomic E-state index is 0.879. The molecule has 1 fully saturated rings. The van der Waals surface area contributed by atoms with Crippen LogP contribution in [0, 0.1) is 20.8 Å². The molecule has 34 heavy (non-hydrogen) atoms. The maximum Gasteiger partial charge on any atom is 0.165 e. The van der Waals surface area contributed by atoms with Gasteiger partial charge in [-0.05, 0) is 56.7 Å². The summed E-state index contributed by atoms with van der Waals surface area (Å²) in [5, 5.41) is 5.94. The van der Waals surface area contributed by atoms with Crippen molar-refractivity contribution in [1.82, 2.24) is 24.7 Å². The highest BCUT2D eigenvalue weighted by atomic mass is 15.3. The summed E-state index contributed by atoms with van der Waals surface area (Å²) in [6.45, 7) is 9.78. The predicted octanol–water partition coefficient (Wildman–Crippen LogP) is 4.62. The van der Waals surface area contributed by atoms with E-state index < -0.39 is 0 Å². The fourth-order valence-electron chi connectivity index (χ4n) is 4.92. The van der Waals surface area contributed by atoms with E-state index in [4.69, 9.17) is 20.1 Å². The Balaban J connectivity index is 1.30. The molecule has 3 aromatic heterocycles. The van der Waals surface area contributed by atoms with Crippen LogP contribution in [0.25, 0.3) is 27.8 Å². The molecule has 170 valence electrons. The summed E-state index contributed by atoms with van der Waals surface area (Å²) in [4.78, 5) is 19.5. The molecule has 0 atom stereocenters. The van der Waals surface area contributed by atoms with Crippen LogP contribution in [0.3, 0.4) is 0 Å². The summed E-state index contributed by atoms with van der Waals surface area (Å²) >= 11 is 0. The van der Waals surface area contributed by atoms with Gasteiger partial charge in [-0.25, -0.2) is 19.6 Å². The van der Waals surface area contributed by atoms with Gasteiger partial charge in [0.1, 0.15) is 5.82 Å². The number of rotatable bonds is 3. The van der Waals surface area contributed by atoms with Crippen LogP contribution in [0.4, 0.5) is 11.6 Å². The van der Waals surface area contributed by atoms with Crippen molar-refractivity contribution in [3.63, 3.8) is 0 Å². The highest BCUT2D eigenvalue weighted by Crippen LogP contribution is 2.28. The lowest BCUT2D eigenvalue weighted by Gasteiger charge is -2.36. The average molecular weight is 450 g/mol. The number of fused-ring (bicyclic) bond motifs is 2. The second-order valence-electron chi connectivity index (χ2n) is 8.92. The molecule has 7 heteroatoms. The van der Waals surface area contributed by atoms with Crippen molar-refractivity contribution < 1.29 is 0 Å². The topological polar surface area (TPSA) is 63.0 Å². The van der Waals surface area contributed by atoms with Gasteiger partial charge < -0.3 is 9.80 Å². The molecule has 1 aliphatic rings. The molecule has 2 aromatic carbocycles. The number of aromatic nitrogens is 5. The number of pyridine rings is 1. The fourth-order valence-corrected chi connectivity index (χ4v) is 4.92. The molecule has 4 heterocycles. The van der Waals surface area contributed by atoms with Crippen molar-refractivity contribution >= 4 is 33.7 Å². The number of anilines is 2. The molecule has 0 aliphatic carbocycles. The summed E-state index contributed by atoms with van der Waals surface area (Å²) < 4.78 is 1.96. The van der Waals surface area contributed by atoms with Crippen molar-refractivity contribution in [2.75, 3.05) is 36.0 Å². The highest BCUT2D eigenvalue weighted by Gasteiger charge is 2.23. The maximum atomic E-state index is 5.09. The number of aryl methyl sites for hydroxylation is 3. The number of benzene rings is 2. The van der Waals surface area contributed by atoms with Gasteiger partial charge in [0.15, 0.2) is 11.5 Å². The summed E-state index contributed by atoms with van der Waals surface area (Å²) in [5.74, 6) is 1.98. The Morgan fingerprint density at radius 2 is 1.32 bits per heavy atom. The highest BCUT2D eigenvalue weighted by molar-refractivity contribution is 5.85. The van der Waals surface area contributed by atoms with Crippen molar-refractivity contribution in [2.24, 2.45) is 0 Å². The van der Waals surface area contributed by atoms with E-state index in [1.54, 1.807) is 0 Å². The van der Waals surface area contributed by atoms with Crippen LogP contribution >= 0.6 is 0 Å². The first kappa shape index (κ1) is 20.6. The van der Waals surface area contributed by atoms with Gasteiger partial charge in [-0.3, -0.25) is 0 Å². The lowest BCUT2D eigenvalue weighted by atomic mass is 10.1. The van der Waals surface area contributed by atoms with E-state index in [9.17, 15) is 0 Å². The van der Waals surface area contributed by atoms with E-state index in [0.29, 0.717) is 0 Å². The Hall–Kier alpha value is -4.00. The second kappa shape index (κ2) is 8.09. The number of para-hydroxylation sites is 3. The zero-order valence-corrected chi connectivity index (χ0v) is 19.7. The quantitative estimate of drug-likeness (QED) is 0.401. The first-order chi connectivity index (χ1) is 16.6. The first-order valence-corrected chi connectivity index (χ1v) is 11.7. The minimum atomic E-state index is 0.879. The third-order valence-electron chi connectivity index (χ3n) is 6.62. The molecule has 0 amide bonds. The lowest BCUT2D eigenvalue weighted by Crippen LogP contribution is -2.47. The smallest absolute Gasteiger partial charge is 0.165 e. The third kappa shape index (κ3) is 3.44. The fraction of sp³-hybridized carbons (Fsp3) is 0.259. The SMILES string of the molecule is Cc1nc2ccccc2nc1N1CCN(c2cc(C)c3c(C)nn(-c4ccccc4)c3n2)CC1. The summed E-state index contributed by atoms with van der Waals surface area (Å²) in [6.07, 6.45) is 0. The Labute approximate surface area is 198 Å². The molecule has 0 unspecified atom stereocenters. The van der Waals surface area contributed by atoms with Crippen LogP contribution in [0.15, 0.2) is 60.7 Å². The Kier molecular flexibility index (Phi) is 4.90. The zero-order valence-electron chi connectivity index (χ0n) is 19.7. The standard InChI is InChI=1S/C27H27N7/c1-18-17-24(30-27-25(18)19(2)31-34(27)21-9-5-4-6-10-21)32-13-15-33(16-14-32)26-20(3)28-22-11-7-8-12-23(22)29-26/h4-12,17H,13-16H2,1-3H3. The summed E-state index contributed by atoms with van der Waals surface area (Å²) in [7, 11) is 0. The molecule has 7 nitrogen and oxygen atoms in total. The van der Waals surface area contributed by atoms with Crippen LogP contribution in [0.1, 0.15) is 17.0 Å². The molecule has 0 bridgehead atoms. The molecular weight excluding hydrogens is 422 g/mol. The molecule has 1 saturated heterocycles. The largest absolute Gasteiger partial charge is 0.353 e. The van der Waals surface area contributed by atoms with Crippen LogP contribution in [0.2, 0.25) is 0 Å². The van der Waals surface area contributed by atoms with Crippen molar-refractivity contribution in [3.8, 4) is 5.69 Å². The molecular formula is C27H27N7. The summed E-state index contributed by atoms with van der Waals surface area (Å²) in [6, 6.07) is 20.5. The van der Waals surface area contributed by atoms with E-state index in [2.05, 4.69) is 41.8 Å². The van der Waals surface area contributed by atoms with E-state index >= 15 is 0 Å². The van der Waals surface area contributed by atoms with Crippen LogP contribution in [-0.2, 0) is 0 Å². The van der Waals surface area contributed by atoms with E-state index in [0.717, 1.165) is 77.0 Å². The molecule has 0 radical (unpaired) electrons. The van der Waals surface area contributed by atoms with Crippen molar-refractivity contribution in [2.45, 2.75) is 20.8 Å². The Morgan fingerprint density at radius 3 is 2.06 bits per heavy atom. The average Bonchev–Trinajstić information content (AvgIpc) is 3.21. The zero-order chi connectivity index (χ0) is 23.2. The molecule has 0 saturated carbocycles. The predicted molar refractivity (Wildman–Crippen MR) is 137 cm³/mol. The number of piperazine rings is 1. The third-order valence-corrected chi connectivity index (χ3v) is 6.62.